The third-order valence-corrected chi connectivity index (χ3v) is 3.35. The van der Waals surface area contributed by atoms with Crippen molar-refractivity contribution < 1.29 is 4.79 Å². The minimum atomic E-state index is 0.193. The first-order chi connectivity index (χ1) is 5.48. The predicted molar refractivity (Wildman–Crippen MR) is 49.9 cm³/mol. The third-order valence-electron chi connectivity index (χ3n) is 3.35. The van der Waals surface area contributed by atoms with Gasteiger partial charge in [-0.1, -0.05) is 20.3 Å². The van der Waals surface area contributed by atoms with Gasteiger partial charge >= 0.3 is 0 Å². The van der Waals surface area contributed by atoms with Gasteiger partial charge in [0.25, 0.3) is 0 Å². The first-order valence-electron chi connectivity index (χ1n) is 4.72. The van der Waals surface area contributed by atoms with Gasteiger partial charge in [0.1, 0.15) is 0 Å². The molecule has 0 aromatic heterocycles. The molecule has 1 fully saturated rings. The highest BCUT2D eigenvalue weighted by Crippen LogP contribution is 2.45. The van der Waals surface area contributed by atoms with Crippen molar-refractivity contribution in [3.05, 3.63) is 0 Å². The summed E-state index contributed by atoms with van der Waals surface area (Å²) in [6, 6.07) is 0.507. The van der Waals surface area contributed by atoms with E-state index < -0.39 is 0 Å². The van der Waals surface area contributed by atoms with E-state index in [9.17, 15) is 4.79 Å². The molecule has 0 aliphatic heterocycles. The highest BCUT2D eigenvalue weighted by Gasteiger charge is 2.41. The van der Waals surface area contributed by atoms with Crippen LogP contribution in [0.5, 0.6) is 0 Å². The maximum atomic E-state index is 11.0. The van der Waals surface area contributed by atoms with Gasteiger partial charge in [-0.15, -0.1) is 0 Å². The second-order valence-electron chi connectivity index (χ2n) is 4.36. The van der Waals surface area contributed by atoms with Crippen molar-refractivity contribution in [2.24, 2.45) is 5.41 Å². The van der Waals surface area contributed by atoms with Crippen LogP contribution < -0.4 is 0 Å². The molecule has 0 heterocycles. The van der Waals surface area contributed by atoms with Gasteiger partial charge in [0.05, 0.1) is 0 Å². The Balaban J connectivity index is 2.39. The average Bonchev–Trinajstić information content (AvgIpc) is 1.97. The number of carbonyl (C=O) groups is 1. The summed E-state index contributed by atoms with van der Waals surface area (Å²) < 4.78 is 0. The van der Waals surface area contributed by atoms with Gasteiger partial charge in [-0.05, 0) is 18.3 Å². The highest BCUT2D eigenvalue weighted by atomic mass is 16.2. The molecule has 0 aromatic rings. The highest BCUT2D eigenvalue weighted by molar-refractivity contribution is 5.73. The van der Waals surface area contributed by atoms with Crippen LogP contribution in [0, 0.1) is 5.41 Å². The maximum Gasteiger partial charge on any atom is 0.219 e. The second kappa shape index (κ2) is 3.08. The van der Waals surface area contributed by atoms with Crippen molar-refractivity contribution >= 4 is 5.91 Å². The fraction of sp³-hybridized carbons (Fsp3) is 0.900. The topological polar surface area (TPSA) is 20.3 Å². The van der Waals surface area contributed by atoms with Crippen LogP contribution in [-0.2, 0) is 4.79 Å². The summed E-state index contributed by atoms with van der Waals surface area (Å²) in [6.07, 6.45) is 3.59. The van der Waals surface area contributed by atoms with E-state index >= 15 is 0 Å². The zero-order valence-corrected chi connectivity index (χ0v) is 8.55. The maximum absolute atomic E-state index is 11.0. The molecule has 0 aromatic carbocycles. The molecule has 1 rings (SSSR count). The molecule has 0 radical (unpaired) electrons. The molecule has 1 saturated carbocycles. The summed E-state index contributed by atoms with van der Waals surface area (Å²) >= 11 is 0. The lowest BCUT2D eigenvalue weighted by molar-refractivity contribution is -0.134. The minimum absolute atomic E-state index is 0.193. The Hall–Kier alpha value is -0.530. The molecular formula is C10H19NO. The minimum Gasteiger partial charge on any atom is -0.343 e. The molecule has 2 heteroatoms. The van der Waals surface area contributed by atoms with Crippen LogP contribution in [0.3, 0.4) is 0 Å². The lowest BCUT2D eigenvalue weighted by Crippen LogP contribution is -2.49. The molecule has 12 heavy (non-hydrogen) atoms. The van der Waals surface area contributed by atoms with Crippen molar-refractivity contribution in [2.45, 2.75) is 46.1 Å². The van der Waals surface area contributed by atoms with E-state index in [0.29, 0.717) is 11.5 Å². The Morgan fingerprint density at radius 1 is 1.58 bits per heavy atom. The molecule has 70 valence electrons. The van der Waals surface area contributed by atoms with Crippen LogP contribution in [0.4, 0.5) is 0 Å². The molecule has 0 bridgehead atoms. The summed E-state index contributed by atoms with van der Waals surface area (Å²) in [4.78, 5) is 12.9. The summed E-state index contributed by atoms with van der Waals surface area (Å²) in [6.45, 7) is 6.17. The van der Waals surface area contributed by atoms with Crippen LogP contribution in [0.25, 0.3) is 0 Å². The van der Waals surface area contributed by atoms with Crippen LogP contribution >= 0.6 is 0 Å². The zero-order valence-electron chi connectivity index (χ0n) is 8.55. The van der Waals surface area contributed by atoms with E-state index in [2.05, 4.69) is 13.8 Å². The molecular weight excluding hydrogens is 150 g/mol. The fourth-order valence-corrected chi connectivity index (χ4v) is 1.90. The van der Waals surface area contributed by atoms with Gasteiger partial charge in [-0.2, -0.15) is 0 Å². The number of hydrogen-bond donors (Lipinski definition) is 0. The van der Waals surface area contributed by atoms with Crippen molar-refractivity contribution in [3.63, 3.8) is 0 Å². The van der Waals surface area contributed by atoms with E-state index in [-0.39, 0.29) is 5.91 Å². The van der Waals surface area contributed by atoms with Gasteiger partial charge in [-0.3, -0.25) is 4.79 Å². The molecule has 0 spiro atoms. The van der Waals surface area contributed by atoms with Crippen LogP contribution in [0.2, 0.25) is 0 Å². The lowest BCUT2D eigenvalue weighted by atomic mass is 9.65. The van der Waals surface area contributed by atoms with Crippen LogP contribution in [0.15, 0.2) is 0 Å². The van der Waals surface area contributed by atoms with Gasteiger partial charge in [-0.25, -0.2) is 0 Å². The molecule has 0 N–H and O–H groups in total. The third kappa shape index (κ3) is 1.62. The Morgan fingerprint density at radius 3 is 2.42 bits per heavy atom. The van der Waals surface area contributed by atoms with E-state index in [0.717, 1.165) is 0 Å². The standard InChI is InChI=1S/C10H19NO/c1-5-10(3)6-9(7-10)11(4)8(2)12/h9H,5-7H2,1-4H3. The summed E-state index contributed by atoms with van der Waals surface area (Å²) in [5.41, 5.74) is 0.508. The Morgan fingerprint density at radius 2 is 2.08 bits per heavy atom. The monoisotopic (exact) mass is 169 g/mol. The molecule has 1 amide bonds. The largest absolute Gasteiger partial charge is 0.343 e. The number of amides is 1. The van der Waals surface area contributed by atoms with Crippen LogP contribution in [-0.4, -0.2) is 23.9 Å². The quantitative estimate of drug-likeness (QED) is 0.619. The van der Waals surface area contributed by atoms with Crippen molar-refractivity contribution in [3.8, 4) is 0 Å². The van der Waals surface area contributed by atoms with Gasteiger partial charge in [0.15, 0.2) is 0 Å². The summed E-state index contributed by atoms with van der Waals surface area (Å²) in [5, 5.41) is 0. The lowest BCUT2D eigenvalue weighted by Gasteiger charge is -2.48. The Kier molecular flexibility index (Phi) is 2.45. The SMILES string of the molecule is CCC1(C)CC(N(C)C(C)=O)C1. The smallest absolute Gasteiger partial charge is 0.219 e. The predicted octanol–water partition coefficient (Wildman–Crippen LogP) is 2.04. The van der Waals surface area contributed by atoms with Crippen molar-refractivity contribution in [1.82, 2.24) is 4.90 Å². The van der Waals surface area contributed by atoms with Gasteiger partial charge in [0.2, 0.25) is 5.91 Å². The number of rotatable bonds is 2. The molecule has 0 atom stereocenters. The number of carbonyl (C=O) groups excluding carboxylic acids is 1. The van der Waals surface area contributed by atoms with E-state index in [1.807, 2.05) is 11.9 Å². The molecule has 1 aliphatic rings. The van der Waals surface area contributed by atoms with E-state index in [1.165, 1.54) is 19.3 Å². The zero-order chi connectivity index (χ0) is 9.35. The number of hydrogen-bond acceptors (Lipinski definition) is 1. The molecule has 0 unspecified atom stereocenters. The normalized spacial score (nSPS) is 34.2. The van der Waals surface area contributed by atoms with E-state index in [4.69, 9.17) is 0 Å². The second-order valence-corrected chi connectivity index (χ2v) is 4.36. The number of nitrogens with zero attached hydrogens (tertiary/aromatic N) is 1. The Labute approximate surface area is 74.9 Å². The first-order valence-corrected chi connectivity index (χ1v) is 4.72. The van der Waals surface area contributed by atoms with Crippen LogP contribution in [0.1, 0.15) is 40.0 Å². The molecule has 0 saturated heterocycles. The molecule has 1 aliphatic carbocycles. The van der Waals surface area contributed by atoms with E-state index in [1.54, 1.807) is 6.92 Å². The van der Waals surface area contributed by atoms with Crippen molar-refractivity contribution in [2.75, 3.05) is 7.05 Å². The van der Waals surface area contributed by atoms with Gasteiger partial charge < -0.3 is 4.90 Å². The van der Waals surface area contributed by atoms with Crippen molar-refractivity contribution in [1.29, 1.82) is 0 Å². The summed E-state index contributed by atoms with van der Waals surface area (Å²) in [5.74, 6) is 0.193. The fourth-order valence-electron chi connectivity index (χ4n) is 1.90. The first kappa shape index (κ1) is 9.56. The Bertz CT molecular complexity index is 182. The van der Waals surface area contributed by atoms with Gasteiger partial charge in [0, 0.05) is 20.0 Å². The average molecular weight is 169 g/mol. The molecule has 2 nitrogen and oxygen atoms in total. The summed E-state index contributed by atoms with van der Waals surface area (Å²) in [7, 11) is 1.90.